The van der Waals surface area contributed by atoms with E-state index in [1.165, 1.54) is 12.4 Å². The third kappa shape index (κ3) is 3.07. The van der Waals surface area contributed by atoms with Crippen LogP contribution in [0.5, 0.6) is 0 Å². The van der Waals surface area contributed by atoms with Gasteiger partial charge in [0.2, 0.25) is 5.95 Å². The van der Waals surface area contributed by atoms with Crippen LogP contribution in [0.4, 0.5) is 10.3 Å². The smallest absolute Gasteiger partial charge is 0.269 e. The van der Waals surface area contributed by atoms with E-state index in [0.29, 0.717) is 37.3 Å². The molecule has 4 rings (SSSR count). The van der Waals surface area contributed by atoms with Crippen molar-refractivity contribution in [3.63, 3.8) is 0 Å². The Bertz CT molecular complexity index is 764. The summed E-state index contributed by atoms with van der Waals surface area (Å²) in [5.74, 6) is 0.445. The van der Waals surface area contributed by atoms with Gasteiger partial charge in [0.05, 0.1) is 25.1 Å². The Morgan fingerprint density at radius 1 is 1.40 bits per heavy atom. The van der Waals surface area contributed by atoms with Gasteiger partial charge in [-0.05, 0) is 6.07 Å². The highest BCUT2D eigenvalue weighted by Crippen LogP contribution is 2.34. The van der Waals surface area contributed by atoms with Crippen molar-refractivity contribution in [2.24, 2.45) is 18.9 Å². The van der Waals surface area contributed by atoms with Crippen LogP contribution in [0.15, 0.2) is 24.7 Å². The predicted octanol–water partition coefficient (Wildman–Crippen LogP) is 0.230. The van der Waals surface area contributed by atoms with Crippen LogP contribution in [-0.4, -0.2) is 58.0 Å². The number of hydrogen-bond donors (Lipinski definition) is 1. The summed E-state index contributed by atoms with van der Waals surface area (Å²) in [7, 11) is 1.74. The number of halogens is 1. The van der Waals surface area contributed by atoms with E-state index in [-0.39, 0.29) is 17.9 Å². The number of nitrogens with zero attached hydrogens (tertiary/aromatic N) is 5. The first-order chi connectivity index (χ1) is 12.1. The highest BCUT2D eigenvalue weighted by atomic mass is 19.1. The largest absolute Gasteiger partial charge is 0.376 e. The molecule has 0 spiro atoms. The van der Waals surface area contributed by atoms with E-state index in [1.807, 2.05) is 4.90 Å². The average Bonchev–Trinajstić information content (AvgIpc) is 3.29. The fourth-order valence-corrected chi connectivity index (χ4v) is 3.55. The van der Waals surface area contributed by atoms with Gasteiger partial charge in [-0.25, -0.2) is 14.4 Å². The molecule has 1 amide bonds. The van der Waals surface area contributed by atoms with Crippen molar-refractivity contribution in [3.05, 3.63) is 36.2 Å². The molecule has 0 radical (unpaired) electrons. The summed E-state index contributed by atoms with van der Waals surface area (Å²) in [5.41, 5.74) is 0.531. The van der Waals surface area contributed by atoms with E-state index in [1.54, 1.807) is 24.0 Å². The van der Waals surface area contributed by atoms with Crippen LogP contribution >= 0.6 is 0 Å². The molecule has 2 saturated heterocycles. The molecule has 2 aliphatic heterocycles. The van der Waals surface area contributed by atoms with E-state index in [0.717, 1.165) is 6.54 Å². The third-order valence-corrected chi connectivity index (χ3v) is 4.91. The molecule has 132 valence electrons. The van der Waals surface area contributed by atoms with Crippen LogP contribution in [0.2, 0.25) is 0 Å². The number of carbonyl (C=O) groups excluding carboxylic acids is 1. The number of amides is 1. The monoisotopic (exact) mass is 346 g/mol. The first-order valence-corrected chi connectivity index (χ1v) is 8.22. The second kappa shape index (κ2) is 6.40. The lowest BCUT2D eigenvalue weighted by atomic mass is 9.93. The van der Waals surface area contributed by atoms with Gasteiger partial charge in [0.1, 0.15) is 5.69 Å². The Balaban J connectivity index is 1.36. The van der Waals surface area contributed by atoms with Crippen LogP contribution in [0.25, 0.3) is 0 Å². The number of anilines is 1. The highest BCUT2D eigenvalue weighted by Gasteiger charge is 2.44. The summed E-state index contributed by atoms with van der Waals surface area (Å²) in [6.07, 6.45) is 4.03. The predicted molar refractivity (Wildman–Crippen MR) is 86.5 cm³/mol. The number of aryl methyl sites for hydroxylation is 1. The molecule has 2 aliphatic rings. The normalized spacial score (nSPS) is 25.2. The number of hydrogen-bond acceptors (Lipinski definition) is 6. The van der Waals surface area contributed by atoms with Crippen molar-refractivity contribution >= 4 is 11.9 Å². The van der Waals surface area contributed by atoms with E-state index in [4.69, 9.17) is 4.74 Å². The van der Waals surface area contributed by atoms with Crippen LogP contribution in [0.3, 0.4) is 0 Å². The Morgan fingerprint density at radius 2 is 2.20 bits per heavy atom. The topological polar surface area (TPSA) is 85.2 Å². The lowest BCUT2D eigenvalue weighted by Crippen LogP contribution is -2.35. The summed E-state index contributed by atoms with van der Waals surface area (Å²) < 4.78 is 20.4. The standard InChI is InChI=1S/C16H19FN6O2/c1-22-13(2-3-21-22)15(24)18-4-10-9-25-14-8-23(7-12(10)14)16-19-5-11(17)6-20-16/h2-3,5-6,10,12,14H,4,7-9H2,1H3,(H,18,24)/t10-,12+,14+/m1/s1. The summed E-state index contributed by atoms with van der Waals surface area (Å²) in [4.78, 5) is 22.3. The maximum atomic E-state index is 13.0. The van der Waals surface area contributed by atoms with Gasteiger partial charge >= 0.3 is 0 Å². The number of carbonyl (C=O) groups is 1. The maximum absolute atomic E-state index is 13.0. The minimum Gasteiger partial charge on any atom is -0.376 e. The van der Waals surface area contributed by atoms with Crippen molar-refractivity contribution in [2.75, 3.05) is 31.1 Å². The van der Waals surface area contributed by atoms with Crippen molar-refractivity contribution in [3.8, 4) is 0 Å². The molecule has 1 N–H and O–H groups in total. The fourth-order valence-electron chi connectivity index (χ4n) is 3.55. The second-order valence-electron chi connectivity index (χ2n) is 6.45. The van der Waals surface area contributed by atoms with Crippen LogP contribution in [0.1, 0.15) is 10.5 Å². The van der Waals surface area contributed by atoms with Crippen molar-refractivity contribution < 1.29 is 13.9 Å². The molecule has 0 unspecified atom stereocenters. The number of aromatic nitrogens is 4. The van der Waals surface area contributed by atoms with Crippen LogP contribution in [0, 0.1) is 17.7 Å². The zero-order valence-corrected chi connectivity index (χ0v) is 13.8. The summed E-state index contributed by atoms with van der Waals surface area (Å²) in [5, 5.41) is 6.97. The van der Waals surface area contributed by atoms with E-state index in [2.05, 4.69) is 20.4 Å². The molecule has 9 heteroatoms. The lowest BCUT2D eigenvalue weighted by Gasteiger charge is -2.20. The molecule has 2 aromatic heterocycles. The SMILES string of the molecule is Cn1nccc1C(=O)NC[C@@H]1CO[C@H]2CN(c3ncc(F)cn3)C[C@@H]12. The van der Waals surface area contributed by atoms with Crippen molar-refractivity contribution in [1.82, 2.24) is 25.1 Å². The van der Waals surface area contributed by atoms with Crippen LogP contribution < -0.4 is 10.2 Å². The first kappa shape index (κ1) is 15.9. The third-order valence-electron chi connectivity index (χ3n) is 4.91. The molecule has 25 heavy (non-hydrogen) atoms. The number of nitrogens with one attached hydrogen (secondary N) is 1. The summed E-state index contributed by atoms with van der Waals surface area (Å²) >= 11 is 0. The lowest BCUT2D eigenvalue weighted by molar-refractivity contribution is 0.0930. The fraction of sp³-hybridized carbons (Fsp3) is 0.500. The second-order valence-corrected chi connectivity index (χ2v) is 6.45. The van der Waals surface area contributed by atoms with Gasteiger partial charge in [0, 0.05) is 44.7 Å². The van der Waals surface area contributed by atoms with Gasteiger partial charge < -0.3 is 15.0 Å². The molecule has 0 saturated carbocycles. The van der Waals surface area contributed by atoms with Gasteiger partial charge in [-0.1, -0.05) is 0 Å². The Morgan fingerprint density at radius 3 is 2.92 bits per heavy atom. The first-order valence-electron chi connectivity index (χ1n) is 8.22. The molecule has 3 atom stereocenters. The van der Waals surface area contributed by atoms with Crippen molar-refractivity contribution in [2.45, 2.75) is 6.10 Å². The van der Waals surface area contributed by atoms with Gasteiger partial charge in [0.25, 0.3) is 5.91 Å². The molecular weight excluding hydrogens is 327 g/mol. The zero-order chi connectivity index (χ0) is 17.4. The average molecular weight is 346 g/mol. The van der Waals surface area contributed by atoms with E-state index < -0.39 is 5.82 Å². The minimum atomic E-state index is -0.449. The molecule has 4 heterocycles. The molecular formula is C16H19FN6O2. The molecule has 2 aromatic rings. The summed E-state index contributed by atoms with van der Waals surface area (Å²) in [6, 6.07) is 1.69. The molecule has 0 aliphatic carbocycles. The molecule has 8 nitrogen and oxygen atoms in total. The van der Waals surface area contributed by atoms with E-state index >= 15 is 0 Å². The molecule has 0 aromatic carbocycles. The minimum absolute atomic E-state index is 0.0901. The maximum Gasteiger partial charge on any atom is 0.269 e. The Kier molecular flexibility index (Phi) is 4.08. The molecule has 2 fully saturated rings. The van der Waals surface area contributed by atoms with Gasteiger partial charge in [0.15, 0.2) is 5.82 Å². The Labute approximate surface area is 144 Å². The zero-order valence-electron chi connectivity index (χ0n) is 13.8. The van der Waals surface area contributed by atoms with Gasteiger partial charge in [-0.3, -0.25) is 9.48 Å². The van der Waals surface area contributed by atoms with Crippen molar-refractivity contribution in [1.29, 1.82) is 0 Å². The molecule has 0 bridgehead atoms. The number of ether oxygens (including phenoxy) is 1. The van der Waals surface area contributed by atoms with Gasteiger partial charge in [-0.15, -0.1) is 0 Å². The number of fused-ring (bicyclic) bond motifs is 1. The summed E-state index contributed by atoms with van der Waals surface area (Å²) in [6.45, 7) is 2.59. The van der Waals surface area contributed by atoms with Crippen LogP contribution in [-0.2, 0) is 11.8 Å². The Hall–Kier alpha value is -2.55. The van der Waals surface area contributed by atoms with Gasteiger partial charge in [-0.2, -0.15) is 5.10 Å². The van der Waals surface area contributed by atoms with E-state index in [9.17, 15) is 9.18 Å². The highest BCUT2D eigenvalue weighted by molar-refractivity contribution is 5.92. The number of rotatable bonds is 4. The quantitative estimate of drug-likeness (QED) is 0.853.